The molecule has 0 radical (unpaired) electrons. The second kappa shape index (κ2) is 5.59. The van der Waals surface area contributed by atoms with Crippen LogP contribution >= 0.6 is 0 Å². The van der Waals surface area contributed by atoms with Crippen molar-refractivity contribution in [3.05, 3.63) is 53.9 Å². The number of hydrogen-bond donors (Lipinski definition) is 2. The second-order valence-corrected chi connectivity index (χ2v) is 3.97. The third-order valence-electron chi connectivity index (χ3n) is 2.77. The van der Waals surface area contributed by atoms with Gasteiger partial charge < -0.3 is 10.3 Å². The molecule has 2 aromatic rings. The minimum absolute atomic E-state index is 0.197. The van der Waals surface area contributed by atoms with Crippen molar-refractivity contribution in [3.63, 3.8) is 0 Å². The average Bonchev–Trinajstić information content (AvgIpc) is 2.85. The van der Waals surface area contributed by atoms with Gasteiger partial charge >= 0.3 is 0 Å². The summed E-state index contributed by atoms with van der Waals surface area (Å²) in [4.78, 5) is 7.01. The first-order valence-electron chi connectivity index (χ1n) is 5.75. The zero-order chi connectivity index (χ0) is 12.1. The largest absolute Gasteiger partial charge is 0.347 e. The molecule has 0 aliphatic carbocycles. The molecule has 2 N–H and O–H groups in total. The van der Waals surface area contributed by atoms with Crippen molar-refractivity contribution in [2.24, 2.45) is 0 Å². The summed E-state index contributed by atoms with van der Waals surface area (Å²) in [6.45, 7) is 2.84. The van der Waals surface area contributed by atoms with Crippen LogP contribution in [0.3, 0.4) is 0 Å². The van der Waals surface area contributed by atoms with Gasteiger partial charge in [0.2, 0.25) is 0 Å². The highest BCUT2D eigenvalue weighted by atomic mass is 19.1. The molecule has 1 aromatic carbocycles. The molecule has 0 fully saturated rings. The standard InChI is InChI=1S/C13H16FN3/c1-2-13(10-3-5-11(14)6-4-10)16-8-12-7-15-9-17-12/h3-7,9,13,16H,2,8H2,1H3,(H,15,17). The molecule has 3 nitrogen and oxygen atoms in total. The molecule has 0 saturated carbocycles. The lowest BCUT2D eigenvalue weighted by atomic mass is 10.0. The highest BCUT2D eigenvalue weighted by Gasteiger charge is 2.08. The Morgan fingerprint density at radius 2 is 2.12 bits per heavy atom. The first-order chi connectivity index (χ1) is 8.29. The molecule has 0 aliphatic rings. The summed E-state index contributed by atoms with van der Waals surface area (Å²) in [5.74, 6) is -0.197. The van der Waals surface area contributed by atoms with E-state index >= 15 is 0 Å². The van der Waals surface area contributed by atoms with E-state index in [1.807, 2.05) is 12.1 Å². The van der Waals surface area contributed by atoms with Gasteiger partial charge in [-0.1, -0.05) is 19.1 Å². The summed E-state index contributed by atoms with van der Waals surface area (Å²) >= 11 is 0. The molecule has 1 aromatic heterocycles. The maximum atomic E-state index is 12.8. The number of nitrogens with zero attached hydrogens (tertiary/aromatic N) is 1. The van der Waals surface area contributed by atoms with Gasteiger partial charge in [0.05, 0.1) is 6.33 Å². The molecule has 0 bridgehead atoms. The maximum absolute atomic E-state index is 12.8. The van der Waals surface area contributed by atoms with Gasteiger partial charge in [-0.2, -0.15) is 0 Å². The third-order valence-corrected chi connectivity index (χ3v) is 2.77. The van der Waals surface area contributed by atoms with Crippen LogP contribution in [0.25, 0.3) is 0 Å². The fourth-order valence-electron chi connectivity index (χ4n) is 1.81. The monoisotopic (exact) mass is 233 g/mol. The van der Waals surface area contributed by atoms with Crippen molar-refractivity contribution in [3.8, 4) is 0 Å². The lowest BCUT2D eigenvalue weighted by molar-refractivity contribution is 0.513. The van der Waals surface area contributed by atoms with Crippen molar-refractivity contribution in [2.75, 3.05) is 0 Å². The van der Waals surface area contributed by atoms with Crippen LogP contribution in [0.2, 0.25) is 0 Å². The highest BCUT2D eigenvalue weighted by Crippen LogP contribution is 2.17. The van der Waals surface area contributed by atoms with E-state index in [0.717, 1.165) is 24.2 Å². The number of aromatic nitrogens is 2. The van der Waals surface area contributed by atoms with Crippen molar-refractivity contribution in [1.29, 1.82) is 0 Å². The fourth-order valence-corrected chi connectivity index (χ4v) is 1.81. The Hall–Kier alpha value is -1.68. The van der Waals surface area contributed by atoms with E-state index in [4.69, 9.17) is 0 Å². The predicted molar refractivity (Wildman–Crippen MR) is 64.9 cm³/mol. The van der Waals surface area contributed by atoms with Gasteiger partial charge in [-0.05, 0) is 24.1 Å². The number of H-pyrrole nitrogens is 1. The fraction of sp³-hybridized carbons (Fsp3) is 0.308. The molecular weight excluding hydrogens is 217 g/mol. The Balaban J connectivity index is 1.99. The molecule has 0 amide bonds. The Morgan fingerprint density at radius 1 is 1.35 bits per heavy atom. The van der Waals surface area contributed by atoms with Gasteiger partial charge in [0.1, 0.15) is 5.82 Å². The summed E-state index contributed by atoms with van der Waals surface area (Å²) in [5, 5.41) is 3.41. The van der Waals surface area contributed by atoms with E-state index in [1.54, 1.807) is 12.5 Å². The van der Waals surface area contributed by atoms with Crippen LogP contribution < -0.4 is 5.32 Å². The average molecular weight is 233 g/mol. The number of imidazole rings is 1. The van der Waals surface area contributed by atoms with E-state index in [0.29, 0.717) is 0 Å². The lowest BCUT2D eigenvalue weighted by Gasteiger charge is -2.16. The van der Waals surface area contributed by atoms with E-state index in [1.165, 1.54) is 12.1 Å². The first kappa shape index (κ1) is 11.8. The van der Waals surface area contributed by atoms with Gasteiger partial charge in [-0.15, -0.1) is 0 Å². The predicted octanol–water partition coefficient (Wildman–Crippen LogP) is 2.79. The number of aromatic amines is 1. The summed E-state index contributed by atoms with van der Waals surface area (Å²) in [7, 11) is 0. The van der Waals surface area contributed by atoms with Gasteiger partial charge in [0.15, 0.2) is 0 Å². The minimum atomic E-state index is -0.197. The van der Waals surface area contributed by atoms with Crippen molar-refractivity contribution >= 4 is 0 Å². The van der Waals surface area contributed by atoms with Gasteiger partial charge in [0.25, 0.3) is 0 Å². The van der Waals surface area contributed by atoms with Crippen molar-refractivity contribution < 1.29 is 4.39 Å². The molecule has 1 heterocycles. The molecule has 1 atom stereocenters. The Bertz CT molecular complexity index is 436. The van der Waals surface area contributed by atoms with Crippen molar-refractivity contribution in [1.82, 2.24) is 15.3 Å². The van der Waals surface area contributed by atoms with Gasteiger partial charge in [-0.3, -0.25) is 0 Å². The van der Waals surface area contributed by atoms with E-state index in [9.17, 15) is 4.39 Å². The van der Waals surface area contributed by atoms with Gasteiger partial charge in [-0.25, -0.2) is 9.37 Å². The molecule has 90 valence electrons. The van der Waals surface area contributed by atoms with E-state index in [-0.39, 0.29) is 11.9 Å². The second-order valence-electron chi connectivity index (χ2n) is 3.97. The van der Waals surface area contributed by atoms with Gasteiger partial charge in [0, 0.05) is 24.5 Å². The van der Waals surface area contributed by atoms with E-state index < -0.39 is 0 Å². The number of halogens is 1. The number of nitrogens with one attached hydrogen (secondary N) is 2. The van der Waals surface area contributed by atoms with Crippen LogP contribution in [0.4, 0.5) is 4.39 Å². The molecule has 1 unspecified atom stereocenters. The highest BCUT2D eigenvalue weighted by molar-refractivity contribution is 5.19. The van der Waals surface area contributed by atoms with Crippen LogP contribution in [0.1, 0.15) is 30.6 Å². The van der Waals surface area contributed by atoms with Crippen LogP contribution in [-0.2, 0) is 6.54 Å². The third kappa shape index (κ3) is 3.14. The summed E-state index contributed by atoms with van der Waals surface area (Å²) in [6.07, 6.45) is 4.42. The lowest BCUT2D eigenvalue weighted by Crippen LogP contribution is -2.20. The number of rotatable bonds is 5. The molecule has 0 spiro atoms. The van der Waals surface area contributed by atoms with Crippen molar-refractivity contribution in [2.45, 2.75) is 25.9 Å². The normalized spacial score (nSPS) is 12.6. The number of hydrogen-bond acceptors (Lipinski definition) is 2. The summed E-state index contributed by atoms with van der Waals surface area (Å²) in [5.41, 5.74) is 2.15. The van der Waals surface area contributed by atoms with Crippen LogP contribution in [0.15, 0.2) is 36.8 Å². The van der Waals surface area contributed by atoms with E-state index in [2.05, 4.69) is 22.2 Å². The topological polar surface area (TPSA) is 40.7 Å². The molecule has 2 rings (SSSR count). The molecule has 17 heavy (non-hydrogen) atoms. The van der Waals surface area contributed by atoms with Crippen LogP contribution in [0.5, 0.6) is 0 Å². The SMILES string of the molecule is CCC(NCc1cnc[nH]1)c1ccc(F)cc1. The Kier molecular flexibility index (Phi) is 3.88. The zero-order valence-corrected chi connectivity index (χ0v) is 9.78. The Labute approximate surface area is 100 Å². The Morgan fingerprint density at radius 3 is 2.71 bits per heavy atom. The molecular formula is C13H16FN3. The minimum Gasteiger partial charge on any atom is -0.347 e. The van der Waals surface area contributed by atoms with Crippen LogP contribution in [-0.4, -0.2) is 9.97 Å². The molecule has 0 aliphatic heterocycles. The molecule has 0 saturated heterocycles. The maximum Gasteiger partial charge on any atom is 0.123 e. The summed E-state index contributed by atoms with van der Waals surface area (Å²) < 4.78 is 12.8. The first-order valence-corrected chi connectivity index (χ1v) is 5.75. The summed E-state index contributed by atoms with van der Waals surface area (Å²) in [6, 6.07) is 6.87. The zero-order valence-electron chi connectivity index (χ0n) is 9.78. The quantitative estimate of drug-likeness (QED) is 0.833. The molecule has 4 heteroatoms. The van der Waals surface area contributed by atoms with Crippen LogP contribution in [0, 0.1) is 5.82 Å². The smallest absolute Gasteiger partial charge is 0.123 e. The number of benzene rings is 1.